The molecule has 0 saturated heterocycles. The maximum atomic E-state index is 12.6. The van der Waals surface area contributed by atoms with Crippen molar-refractivity contribution < 1.29 is 19.1 Å². The van der Waals surface area contributed by atoms with E-state index in [1.54, 1.807) is 0 Å². The van der Waals surface area contributed by atoms with E-state index in [-0.39, 0.29) is 24.0 Å². The molecule has 1 amide bonds. The molecule has 2 aromatic rings. The molecule has 0 atom stereocenters. The van der Waals surface area contributed by atoms with Crippen LogP contribution in [0.5, 0.6) is 0 Å². The number of nitrogens with one attached hydrogen (secondary N) is 1. The molecule has 30 heavy (non-hydrogen) atoms. The van der Waals surface area contributed by atoms with Gasteiger partial charge in [0.1, 0.15) is 0 Å². The summed E-state index contributed by atoms with van der Waals surface area (Å²) in [5, 5.41) is 4.32. The highest BCUT2D eigenvalue weighted by Crippen LogP contribution is 2.23. The van der Waals surface area contributed by atoms with Crippen LogP contribution >= 0.6 is 11.3 Å². The van der Waals surface area contributed by atoms with Crippen molar-refractivity contribution in [2.75, 3.05) is 11.9 Å². The average molecular weight is 430 g/mol. The van der Waals surface area contributed by atoms with E-state index in [9.17, 15) is 14.4 Å². The lowest BCUT2D eigenvalue weighted by Gasteiger charge is -2.15. The molecule has 1 aliphatic rings. The number of esters is 1. The highest BCUT2D eigenvalue weighted by molar-refractivity contribution is 7.14. The van der Waals surface area contributed by atoms with Crippen molar-refractivity contribution in [1.29, 1.82) is 0 Å². The summed E-state index contributed by atoms with van der Waals surface area (Å²) in [6.07, 6.45) is 8.22. The summed E-state index contributed by atoms with van der Waals surface area (Å²) < 4.78 is 7.30. The van der Waals surface area contributed by atoms with Crippen LogP contribution in [0.4, 0.5) is 5.13 Å². The molecule has 0 aliphatic heterocycles. The summed E-state index contributed by atoms with van der Waals surface area (Å²) in [6, 6.07) is 1.86. The van der Waals surface area contributed by atoms with Gasteiger partial charge in [0.25, 0.3) is 0 Å². The van der Waals surface area contributed by atoms with E-state index in [2.05, 4.69) is 20.9 Å². The number of carbonyl (C=O) groups excluding carboxylic acids is 3. The Morgan fingerprint density at radius 3 is 2.77 bits per heavy atom. The number of hydrogen-bond acceptors (Lipinski definition) is 6. The number of hydrogen-bond donors (Lipinski definition) is 1. The summed E-state index contributed by atoms with van der Waals surface area (Å²) in [5.74, 6) is -1.19. The number of nitrogens with zero attached hydrogens (tertiary/aromatic N) is 2. The number of anilines is 1. The van der Waals surface area contributed by atoms with Crippen molar-refractivity contribution in [3.05, 3.63) is 45.7 Å². The van der Waals surface area contributed by atoms with Gasteiger partial charge in [0, 0.05) is 35.8 Å². The van der Waals surface area contributed by atoms with Crippen molar-refractivity contribution in [2.24, 2.45) is 0 Å². The van der Waals surface area contributed by atoms with Crippen LogP contribution in [0.2, 0.25) is 0 Å². The quantitative estimate of drug-likeness (QED) is 0.380. The first-order valence-electron chi connectivity index (χ1n) is 10.1. The maximum absolute atomic E-state index is 12.6. The zero-order valence-corrected chi connectivity index (χ0v) is 18.4. The number of aromatic nitrogens is 2. The molecule has 0 spiro atoms. The van der Waals surface area contributed by atoms with Crippen molar-refractivity contribution in [1.82, 2.24) is 9.55 Å². The summed E-state index contributed by atoms with van der Waals surface area (Å²) in [5.41, 5.74) is 4.07. The molecule has 0 bridgehead atoms. The predicted molar refractivity (Wildman–Crippen MR) is 116 cm³/mol. The Morgan fingerprint density at radius 2 is 2.07 bits per heavy atom. The first-order valence-corrected chi connectivity index (χ1v) is 11.0. The minimum absolute atomic E-state index is 0.0720. The van der Waals surface area contributed by atoms with Gasteiger partial charge in [-0.3, -0.25) is 9.59 Å². The van der Waals surface area contributed by atoms with E-state index in [0.717, 1.165) is 35.7 Å². The Labute approximate surface area is 180 Å². The van der Waals surface area contributed by atoms with Crippen LogP contribution in [0.3, 0.4) is 0 Å². The lowest BCUT2D eigenvalue weighted by Crippen LogP contribution is -2.15. The summed E-state index contributed by atoms with van der Waals surface area (Å²) in [4.78, 5) is 39.9. The number of carbonyl (C=O) groups is 3. The van der Waals surface area contributed by atoms with Gasteiger partial charge in [-0.2, -0.15) is 0 Å². The number of Topliss-reactive ketones (excluding diaryl/α,β-unsaturated/α-hetero) is 1. The van der Waals surface area contributed by atoms with Gasteiger partial charge in [-0.1, -0.05) is 11.6 Å². The lowest BCUT2D eigenvalue weighted by molar-refractivity contribution is -0.114. The molecular formula is C22H27N3O4S. The van der Waals surface area contributed by atoms with Gasteiger partial charge in [-0.25, -0.2) is 9.78 Å². The highest BCUT2D eigenvalue weighted by Gasteiger charge is 2.19. The SMILES string of the molecule is CC(=O)Nc1nc(C(=O)OCC(=O)c2cc(C)n(CCC3=CCCCC3)c2C)cs1. The Hall–Kier alpha value is -2.74. The smallest absolute Gasteiger partial charge is 0.358 e. The standard InChI is InChI=1S/C22H27N3O4S/c1-14-11-18(15(2)25(14)10-9-17-7-5-4-6-8-17)20(27)12-29-21(28)19-13-30-22(24-19)23-16(3)26/h7,11,13H,4-6,8-10,12H2,1-3H3,(H,23,24,26). The fraction of sp³-hybridized carbons (Fsp3) is 0.455. The number of rotatable bonds is 8. The number of amides is 1. The van der Waals surface area contributed by atoms with E-state index in [1.807, 2.05) is 19.9 Å². The van der Waals surface area contributed by atoms with Crippen molar-refractivity contribution in [3.63, 3.8) is 0 Å². The Balaban J connectivity index is 1.58. The van der Waals surface area contributed by atoms with E-state index >= 15 is 0 Å². The molecule has 2 heterocycles. The molecule has 7 nitrogen and oxygen atoms in total. The van der Waals surface area contributed by atoms with Crippen LogP contribution in [0, 0.1) is 13.8 Å². The van der Waals surface area contributed by atoms with Crippen LogP contribution in [0.25, 0.3) is 0 Å². The number of ketones is 1. The van der Waals surface area contributed by atoms with Crippen molar-refractivity contribution >= 4 is 34.1 Å². The molecule has 0 radical (unpaired) electrons. The third kappa shape index (κ3) is 5.44. The summed E-state index contributed by atoms with van der Waals surface area (Å²) in [7, 11) is 0. The average Bonchev–Trinajstić information content (AvgIpc) is 3.29. The zero-order valence-electron chi connectivity index (χ0n) is 17.6. The van der Waals surface area contributed by atoms with Gasteiger partial charge < -0.3 is 14.6 Å². The molecule has 2 aromatic heterocycles. The Kier molecular flexibility index (Phi) is 7.20. The molecule has 0 unspecified atom stereocenters. The number of aryl methyl sites for hydroxylation is 1. The molecule has 1 N–H and O–H groups in total. The zero-order chi connectivity index (χ0) is 21.7. The lowest BCUT2D eigenvalue weighted by atomic mass is 9.97. The molecule has 3 rings (SSSR count). The van der Waals surface area contributed by atoms with Crippen molar-refractivity contribution in [2.45, 2.75) is 59.4 Å². The Morgan fingerprint density at radius 1 is 1.27 bits per heavy atom. The van der Waals surface area contributed by atoms with Gasteiger partial charge in [0.15, 0.2) is 17.4 Å². The summed E-state index contributed by atoms with van der Waals surface area (Å²) >= 11 is 1.12. The van der Waals surface area contributed by atoms with Gasteiger partial charge >= 0.3 is 5.97 Å². The number of ether oxygens (including phenoxy) is 1. The van der Waals surface area contributed by atoms with Gasteiger partial charge in [0.2, 0.25) is 11.7 Å². The molecule has 0 aromatic carbocycles. The van der Waals surface area contributed by atoms with Crippen LogP contribution in [-0.2, 0) is 16.1 Å². The second kappa shape index (κ2) is 9.84. The first-order chi connectivity index (χ1) is 14.3. The highest BCUT2D eigenvalue weighted by atomic mass is 32.1. The van der Waals surface area contributed by atoms with Crippen LogP contribution in [-0.4, -0.2) is 33.8 Å². The summed E-state index contributed by atoms with van der Waals surface area (Å²) in [6.45, 7) is 5.78. The molecule has 1 aliphatic carbocycles. The topological polar surface area (TPSA) is 90.3 Å². The second-order valence-electron chi connectivity index (χ2n) is 7.51. The maximum Gasteiger partial charge on any atom is 0.358 e. The minimum Gasteiger partial charge on any atom is -0.453 e. The number of allylic oxidation sites excluding steroid dienone is 2. The molecule has 0 fully saturated rings. The first kappa shape index (κ1) is 22.0. The van der Waals surface area contributed by atoms with Crippen LogP contribution < -0.4 is 5.32 Å². The van der Waals surface area contributed by atoms with E-state index < -0.39 is 5.97 Å². The molecule has 0 saturated carbocycles. The molecule has 160 valence electrons. The predicted octanol–water partition coefficient (Wildman–Crippen LogP) is 4.45. The second-order valence-corrected chi connectivity index (χ2v) is 8.37. The van der Waals surface area contributed by atoms with Crippen LogP contribution in [0.1, 0.15) is 71.3 Å². The molecular weight excluding hydrogens is 402 g/mol. The van der Waals surface area contributed by atoms with Crippen LogP contribution in [0.15, 0.2) is 23.1 Å². The third-order valence-corrected chi connectivity index (χ3v) is 6.00. The normalized spacial score (nSPS) is 13.6. The van der Waals surface area contributed by atoms with Gasteiger partial charge in [-0.15, -0.1) is 11.3 Å². The monoisotopic (exact) mass is 429 g/mol. The van der Waals surface area contributed by atoms with E-state index in [0.29, 0.717) is 10.7 Å². The largest absolute Gasteiger partial charge is 0.453 e. The van der Waals surface area contributed by atoms with E-state index in [4.69, 9.17) is 4.74 Å². The molecule has 8 heteroatoms. The van der Waals surface area contributed by atoms with Gasteiger partial charge in [-0.05, 0) is 52.0 Å². The Bertz CT molecular complexity index is 987. The third-order valence-electron chi connectivity index (χ3n) is 5.25. The van der Waals surface area contributed by atoms with Gasteiger partial charge in [0.05, 0.1) is 0 Å². The minimum atomic E-state index is -0.686. The van der Waals surface area contributed by atoms with E-state index in [1.165, 1.54) is 43.6 Å². The fourth-order valence-electron chi connectivity index (χ4n) is 3.67. The van der Waals surface area contributed by atoms with Crippen molar-refractivity contribution in [3.8, 4) is 0 Å². The fourth-order valence-corrected chi connectivity index (χ4v) is 4.40. The number of thiazole rings is 1.